The molecule has 0 spiro atoms. The number of hydrogen-bond acceptors (Lipinski definition) is 5. The van der Waals surface area contributed by atoms with E-state index in [1.165, 1.54) is 0 Å². The molecule has 1 aromatic heterocycles. The van der Waals surface area contributed by atoms with Crippen molar-refractivity contribution in [2.24, 2.45) is 0 Å². The quantitative estimate of drug-likeness (QED) is 0.841. The second-order valence-corrected chi connectivity index (χ2v) is 3.10. The zero-order valence-electron chi connectivity index (χ0n) is 8.65. The number of carboxylic acids is 1. The standard InChI is InChI=1S/C9H6F3N3O3/c10-9(11,12)18-8-5(14)1-4(3-13)15-6(8)2-7(16)17/h1H,2H2,(H2,14,15)(H,16,17). The molecule has 0 amide bonds. The van der Waals surface area contributed by atoms with E-state index in [0.29, 0.717) is 0 Å². The number of rotatable bonds is 3. The van der Waals surface area contributed by atoms with Crippen molar-refractivity contribution < 1.29 is 27.8 Å². The highest BCUT2D eigenvalue weighted by Crippen LogP contribution is 2.31. The molecule has 0 bridgehead atoms. The van der Waals surface area contributed by atoms with Gasteiger partial charge >= 0.3 is 12.3 Å². The van der Waals surface area contributed by atoms with Gasteiger partial charge in [-0.3, -0.25) is 4.79 Å². The van der Waals surface area contributed by atoms with Gasteiger partial charge in [0.2, 0.25) is 0 Å². The molecule has 0 unspecified atom stereocenters. The van der Waals surface area contributed by atoms with Crippen molar-refractivity contribution in [3.63, 3.8) is 0 Å². The number of nitrogens with two attached hydrogens (primary N) is 1. The average molecular weight is 261 g/mol. The predicted octanol–water partition coefficient (Wildman–Crippen LogP) is 1.06. The maximum absolute atomic E-state index is 12.1. The number of carboxylic acid groups (broad SMARTS) is 1. The summed E-state index contributed by atoms with van der Waals surface area (Å²) >= 11 is 0. The topological polar surface area (TPSA) is 109 Å². The van der Waals surface area contributed by atoms with Crippen LogP contribution < -0.4 is 10.5 Å². The largest absolute Gasteiger partial charge is 0.573 e. The van der Waals surface area contributed by atoms with E-state index < -0.39 is 35.9 Å². The van der Waals surface area contributed by atoms with Crippen LogP contribution in [-0.2, 0) is 11.2 Å². The lowest BCUT2D eigenvalue weighted by molar-refractivity contribution is -0.274. The third-order valence-electron chi connectivity index (χ3n) is 1.72. The fourth-order valence-electron chi connectivity index (χ4n) is 1.16. The summed E-state index contributed by atoms with van der Waals surface area (Å²) in [5, 5.41) is 17.1. The molecule has 3 N–H and O–H groups in total. The number of nitrogen functional groups attached to an aromatic ring is 1. The maximum atomic E-state index is 12.1. The van der Waals surface area contributed by atoms with Crippen molar-refractivity contribution >= 4 is 11.7 Å². The number of aliphatic carboxylic acids is 1. The van der Waals surface area contributed by atoms with Gasteiger partial charge in [-0.2, -0.15) is 5.26 Å². The summed E-state index contributed by atoms with van der Waals surface area (Å²) in [5.74, 6) is -2.33. The lowest BCUT2D eigenvalue weighted by Crippen LogP contribution is -2.20. The minimum atomic E-state index is -5.03. The summed E-state index contributed by atoms with van der Waals surface area (Å²) in [7, 11) is 0. The molecule has 96 valence electrons. The first-order chi connectivity index (χ1) is 8.23. The number of carbonyl (C=O) groups is 1. The van der Waals surface area contributed by atoms with Crippen molar-refractivity contribution in [1.82, 2.24) is 4.98 Å². The smallest absolute Gasteiger partial charge is 0.481 e. The summed E-state index contributed by atoms with van der Waals surface area (Å²) in [4.78, 5) is 13.9. The van der Waals surface area contributed by atoms with E-state index in [0.717, 1.165) is 6.07 Å². The lowest BCUT2D eigenvalue weighted by atomic mass is 10.2. The van der Waals surface area contributed by atoms with Gasteiger partial charge in [0, 0.05) is 6.07 Å². The highest BCUT2D eigenvalue weighted by Gasteiger charge is 2.34. The monoisotopic (exact) mass is 261 g/mol. The van der Waals surface area contributed by atoms with Crippen LogP contribution in [0.3, 0.4) is 0 Å². The molecule has 0 saturated heterocycles. The third kappa shape index (κ3) is 3.51. The molecule has 0 aliphatic carbocycles. The fraction of sp³-hybridized carbons (Fsp3) is 0.222. The van der Waals surface area contributed by atoms with E-state index in [-0.39, 0.29) is 5.69 Å². The number of anilines is 1. The van der Waals surface area contributed by atoms with Crippen LogP contribution in [-0.4, -0.2) is 22.4 Å². The Morgan fingerprint density at radius 3 is 2.67 bits per heavy atom. The Bertz CT molecular complexity index is 522. The molecule has 1 heterocycles. The maximum Gasteiger partial charge on any atom is 0.573 e. The van der Waals surface area contributed by atoms with Crippen molar-refractivity contribution in [1.29, 1.82) is 5.26 Å². The van der Waals surface area contributed by atoms with E-state index in [4.69, 9.17) is 16.1 Å². The number of aromatic nitrogens is 1. The van der Waals surface area contributed by atoms with Gasteiger partial charge in [0.15, 0.2) is 5.75 Å². The highest BCUT2D eigenvalue weighted by atomic mass is 19.4. The molecule has 18 heavy (non-hydrogen) atoms. The average Bonchev–Trinajstić information content (AvgIpc) is 2.20. The molecular weight excluding hydrogens is 255 g/mol. The summed E-state index contributed by atoms with van der Waals surface area (Å²) in [5.41, 5.74) is 3.91. The van der Waals surface area contributed by atoms with Crippen LogP contribution in [0.15, 0.2) is 6.07 Å². The molecule has 1 rings (SSSR count). The van der Waals surface area contributed by atoms with Crippen LogP contribution in [0.25, 0.3) is 0 Å². The highest BCUT2D eigenvalue weighted by molar-refractivity contribution is 5.72. The minimum Gasteiger partial charge on any atom is -0.481 e. The van der Waals surface area contributed by atoms with E-state index in [1.807, 2.05) is 0 Å². The number of alkyl halides is 3. The Morgan fingerprint density at radius 1 is 1.61 bits per heavy atom. The Morgan fingerprint density at radius 2 is 2.22 bits per heavy atom. The third-order valence-corrected chi connectivity index (χ3v) is 1.72. The van der Waals surface area contributed by atoms with Crippen LogP contribution in [0, 0.1) is 11.3 Å². The number of nitrogens with zero attached hydrogens (tertiary/aromatic N) is 2. The molecule has 0 radical (unpaired) electrons. The Kier molecular flexibility index (Phi) is 3.61. The Labute approximate surface area is 98.4 Å². The normalized spacial score (nSPS) is 10.8. The number of halogens is 3. The van der Waals surface area contributed by atoms with Gasteiger partial charge in [0.25, 0.3) is 0 Å². The zero-order valence-corrected chi connectivity index (χ0v) is 8.65. The van der Waals surface area contributed by atoms with Crippen molar-refractivity contribution in [3.05, 3.63) is 17.5 Å². The van der Waals surface area contributed by atoms with Crippen LogP contribution in [0.2, 0.25) is 0 Å². The first-order valence-electron chi connectivity index (χ1n) is 4.40. The molecule has 0 atom stereocenters. The van der Waals surface area contributed by atoms with E-state index in [2.05, 4.69) is 9.72 Å². The van der Waals surface area contributed by atoms with Crippen LogP contribution in [0.1, 0.15) is 11.4 Å². The zero-order chi connectivity index (χ0) is 13.9. The van der Waals surface area contributed by atoms with Gasteiger partial charge in [0.1, 0.15) is 11.8 Å². The van der Waals surface area contributed by atoms with E-state index in [9.17, 15) is 18.0 Å². The molecule has 0 aliphatic heterocycles. The fourth-order valence-corrected chi connectivity index (χ4v) is 1.16. The van der Waals surface area contributed by atoms with Crippen molar-refractivity contribution in [2.75, 3.05) is 5.73 Å². The van der Waals surface area contributed by atoms with Gasteiger partial charge in [-0.25, -0.2) is 4.98 Å². The second-order valence-electron chi connectivity index (χ2n) is 3.10. The van der Waals surface area contributed by atoms with Crippen molar-refractivity contribution in [3.8, 4) is 11.8 Å². The van der Waals surface area contributed by atoms with Gasteiger partial charge in [0.05, 0.1) is 17.8 Å². The Balaban J connectivity index is 3.29. The number of hydrogen-bond donors (Lipinski definition) is 2. The molecule has 9 heteroatoms. The van der Waals surface area contributed by atoms with Gasteiger partial charge < -0.3 is 15.6 Å². The number of ether oxygens (including phenoxy) is 1. The number of nitriles is 1. The minimum absolute atomic E-state index is 0.293. The van der Waals surface area contributed by atoms with E-state index >= 15 is 0 Å². The van der Waals surface area contributed by atoms with Gasteiger partial charge in [-0.05, 0) is 0 Å². The first kappa shape index (κ1) is 13.6. The molecule has 6 nitrogen and oxygen atoms in total. The summed E-state index contributed by atoms with van der Waals surface area (Å²) in [6.07, 6.45) is -5.87. The molecule has 0 aromatic carbocycles. The van der Waals surface area contributed by atoms with Gasteiger partial charge in [-0.1, -0.05) is 0 Å². The Hall–Kier alpha value is -2.50. The van der Waals surface area contributed by atoms with Crippen LogP contribution >= 0.6 is 0 Å². The SMILES string of the molecule is N#Cc1cc(N)c(OC(F)(F)F)c(CC(=O)O)n1. The molecule has 0 aliphatic rings. The van der Waals surface area contributed by atoms with Crippen molar-refractivity contribution in [2.45, 2.75) is 12.8 Å². The van der Waals surface area contributed by atoms with Crippen LogP contribution in [0.4, 0.5) is 18.9 Å². The molecule has 0 saturated carbocycles. The molecular formula is C9H6F3N3O3. The lowest BCUT2D eigenvalue weighted by Gasteiger charge is -2.14. The predicted molar refractivity (Wildman–Crippen MR) is 51.4 cm³/mol. The first-order valence-corrected chi connectivity index (χ1v) is 4.40. The van der Waals surface area contributed by atoms with Gasteiger partial charge in [-0.15, -0.1) is 13.2 Å². The summed E-state index contributed by atoms with van der Waals surface area (Å²) < 4.78 is 39.9. The molecule has 1 aromatic rings. The molecule has 0 fully saturated rings. The van der Waals surface area contributed by atoms with E-state index in [1.54, 1.807) is 6.07 Å². The van der Waals surface area contributed by atoms with Crippen LogP contribution in [0.5, 0.6) is 5.75 Å². The number of pyridine rings is 1. The summed E-state index contributed by atoms with van der Waals surface area (Å²) in [6.45, 7) is 0. The second kappa shape index (κ2) is 4.79. The summed E-state index contributed by atoms with van der Waals surface area (Å²) in [6, 6.07) is 2.42.